The van der Waals surface area contributed by atoms with Crippen LogP contribution in [-0.2, 0) is 16.1 Å². The third-order valence-electron chi connectivity index (χ3n) is 2.83. The minimum Gasteiger partial charge on any atom is -0.466 e. The van der Waals surface area contributed by atoms with E-state index in [2.05, 4.69) is 15.6 Å². The highest BCUT2D eigenvalue weighted by molar-refractivity contribution is 14.0. The van der Waals surface area contributed by atoms with E-state index in [0.717, 1.165) is 18.2 Å². The van der Waals surface area contributed by atoms with Crippen LogP contribution >= 0.6 is 24.0 Å². The van der Waals surface area contributed by atoms with Crippen LogP contribution in [0.3, 0.4) is 0 Å². The van der Waals surface area contributed by atoms with Gasteiger partial charge >= 0.3 is 5.97 Å². The number of hydrogen-bond acceptors (Lipinski definition) is 3. The van der Waals surface area contributed by atoms with Gasteiger partial charge in [0.15, 0.2) is 5.96 Å². The maximum atomic E-state index is 13.5. The summed E-state index contributed by atoms with van der Waals surface area (Å²) in [6.07, 6.45) is 0.907. The summed E-state index contributed by atoms with van der Waals surface area (Å²) >= 11 is 0. The topological polar surface area (TPSA) is 62.7 Å². The summed E-state index contributed by atoms with van der Waals surface area (Å²) in [6, 6.07) is 3.29. The molecule has 0 heterocycles. The van der Waals surface area contributed by atoms with Crippen molar-refractivity contribution in [2.24, 2.45) is 4.99 Å². The van der Waals surface area contributed by atoms with Crippen LogP contribution in [0.25, 0.3) is 0 Å². The van der Waals surface area contributed by atoms with Crippen LogP contribution in [0.1, 0.15) is 25.3 Å². The van der Waals surface area contributed by atoms with Crippen molar-refractivity contribution in [1.82, 2.24) is 10.6 Å². The lowest BCUT2D eigenvalue weighted by atomic mass is 10.2. The second-order valence-electron chi connectivity index (χ2n) is 4.50. The van der Waals surface area contributed by atoms with Gasteiger partial charge in [0.25, 0.3) is 0 Å². The van der Waals surface area contributed by atoms with Gasteiger partial charge in [-0.25, -0.2) is 8.78 Å². The van der Waals surface area contributed by atoms with Gasteiger partial charge in [0.1, 0.15) is 11.6 Å². The number of carbonyl (C=O) groups is 1. The molecule has 0 radical (unpaired) electrons. The molecular weight excluding hydrogens is 419 g/mol. The molecule has 0 unspecified atom stereocenters. The van der Waals surface area contributed by atoms with Gasteiger partial charge in [-0.05, 0) is 31.5 Å². The van der Waals surface area contributed by atoms with Crippen LogP contribution in [0.15, 0.2) is 23.2 Å². The number of benzene rings is 1. The van der Waals surface area contributed by atoms with Crippen LogP contribution < -0.4 is 10.6 Å². The molecule has 1 aromatic carbocycles. The molecule has 130 valence electrons. The Morgan fingerprint density at radius 2 is 2.04 bits per heavy atom. The van der Waals surface area contributed by atoms with Crippen LogP contribution in [-0.4, -0.2) is 32.1 Å². The van der Waals surface area contributed by atoms with E-state index >= 15 is 0 Å². The first-order chi connectivity index (χ1) is 10.6. The molecule has 0 saturated heterocycles. The quantitative estimate of drug-likeness (QED) is 0.225. The Morgan fingerprint density at radius 1 is 1.30 bits per heavy atom. The Kier molecular flexibility index (Phi) is 11.3. The van der Waals surface area contributed by atoms with Crippen molar-refractivity contribution in [3.63, 3.8) is 0 Å². The first-order valence-electron chi connectivity index (χ1n) is 7.11. The van der Waals surface area contributed by atoms with Crippen molar-refractivity contribution < 1.29 is 18.3 Å². The molecule has 0 aliphatic heterocycles. The zero-order chi connectivity index (χ0) is 16.4. The Bertz CT molecular complexity index is 527. The Morgan fingerprint density at radius 3 is 2.70 bits per heavy atom. The Labute approximate surface area is 151 Å². The third kappa shape index (κ3) is 8.68. The first kappa shape index (κ1) is 21.6. The SMILES string of the molecule is CCOC(=O)CCCNC(=NC)NCc1cc(F)ccc1F.I. The number of aliphatic imine (C=N–C) groups is 1. The summed E-state index contributed by atoms with van der Waals surface area (Å²) < 4.78 is 31.3. The summed E-state index contributed by atoms with van der Waals surface area (Å²) in [5.41, 5.74) is 0.217. The number of rotatable bonds is 7. The van der Waals surface area contributed by atoms with E-state index in [1.54, 1.807) is 14.0 Å². The summed E-state index contributed by atoms with van der Waals surface area (Å²) in [5, 5.41) is 5.87. The molecule has 0 aromatic heterocycles. The average molecular weight is 441 g/mol. The minimum atomic E-state index is -0.490. The number of ether oxygens (including phenoxy) is 1. The molecule has 0 spiro atoms. The summed E-state index contributed by atoms with van der Waals surface area (Å²) in [5.74, 6) is -0.760. The Balaban J connectivity index is 0.00000484. The van der Waals surface area contributed by atoms with E-state index in [-0.39, 0.29) is 42.1 Å². The van der Waals surface area contributed by atoms with E-state index in [9.17, 15) is 13.6 Å². The third-order valence-corrected chi connectivity index (χ3v) is 2.83. The van der Waals surface area contributed by atoms with Gasteiger partial charge in [-0.15, -0.1) is 24.0 Å². The molecule has 8 heteroatoms. The maximum Gasteiger partial charge on any atom is 0.305 e. The van der Waals surface area contributed by atoms with E-state index in [1.807, 2.05) is 0 Å². The number of nitrogens with zero attached hydrogens (tertiary/aromatic N) is 1. The highest BCUT2D eigenvalue weighted by Crippen LogP contribution is 2.08. The average Bonchev–Trinajstić information content (AvgIpc) is 2.50. The standard InChI is InChI=1S/C15H21F2N3O2.HI/c1-3-22-14(21)5-4-8-19-15(18-2)20-10-11-9-12(16)6-7-13(11)17;/h6-7,9H,3-5,8,10H2,1-2H3,(H2,18,19,20);1H. The number of carbonyl (C=O) groups excluding carboxylic acids is 1. The van der Waals surface area contributed by atoms with Crippen LogP contribution in [0, 0.1) is 11.6 Å². The van der Waals surface area contributed by atoms with Gasteiger partial charge in [-0.2, -0.15) is 0 Å². The smallest absolute Gasteiger partial charge is 0.305 e. The van der Waals surface area contributed by atoms with Crippen molar-refractivity contribution >= 4 is 35.9 Å². The number of guanidine groups is 1. The zero-order valence-corrected chi connectivity index (χ0v) is 15.5. The monoisotopic (exact) mass is 441 g/mol. The Hall–Kier alpha value is -1.45. The summed E-state index contributed by atoms with van der Waals surface area (Å²) in [4.78, 5) is 15.1. The van der Waals surface area contributed by atoms with Gasteiger partial charge in [0.2, 0.25) is 0 Å². The largest absolute Gasteiger partial charge is 0.466 e. The maximum absolute atomic E-state index is 13.5. The lowest BCUT2D eigenvalue weighted by Gasteiger charge is -2.12. The van der Waals surface area contributed by atoms with Crippen molar-refractivity contribution in [3.05, 3.63) is 35.4 Å². The molecule has 0 amide bonds. The fourth-order valence-corrected chi connectivity index (χ4v) is 1.75. The normalized spacial score (nSPS) is 10.7. The molecule has 0 aliphatic rings. The number of hydrogen-bond donors (Lipinski definition) is 2. The van der Waals surface area contributed by atoms with Crippen LogP contribution in [0.2, 0.25) is 0 Å². The molecule has 0 fully saturated rings. The van der Waals surface area contributed by atoms with E-state index in [1.165, 1.54) is 0 Å². The summed E-state index contributed by atoms with van der Waals surface area (Å²) in [7, 11) is 1.57. The number of esters is 1. The summed E-state index contributed by atoms with van der Waals surface area (Å²) in [6.45, 7) is 2.76. The molecule has 0 aliphatic carbocycles. The molecule has 0 saturated carbocycles. The van der Waals surface area contributed by atoms with Crippen molar-refractivity contribution in [2.45, 2.75) is 26.3 Å². The fraction of sp³-hybridized carbons (Fsp3) is 0.467. The highest BCUT2D eigenvalue weighted by atomic mass is 127. The lowest BCUT2D eigenvalue weighted by molar-refractivity contribution is -0.143. The van der Waals surface area contributed by atoms with Gasteiger partial charge < -0.3 is 15.4 Å². The molecule has 1 rings (SSSR count). The van der Waals surface area contributed by atoms with Gasteiger partial charge in [-0.1, -0.05) is 0 Å². The van der Waals surface area contributed by atoms with E-state index < -0.39 is 11.6 Å². The van der Waals surface area contributed by atoms with Crippen LogP contribution in [0.4, 0.5) is 8.78 Å². The van der Waals surface area contributed by atoms with Crippen LogP contribution in [0.5, 0.6) is 0 Å². The predicted molar refractivity (Wildman–Crippen MR) is 95.8 cm³/mol. The van der Waals surface area contributed by atoms with E-state index in [4.69, 9.17) is 4.74 Å². The highest BCUT2D eigenvalue weighted by Gasteiger charge is 2.06. The second kappa shape index (κ2) is 12.0. The number of halogens is 3. The lowest BCUT2D eigenvalue weighted by Crippen LogP contribution is -2.37. The molecule has 0 bridgehead atoms. The molecule has 2 N–H and O–H groups in total. The van der Waals surface area contributed by atoms with Crippen molar-refractivity contribution in [3.8, 4) is 0 Å². The molecule has 1 aromatic rings. The van der Waals surface area contributed by atoms with Gasteiger partial charge in [-0.3, -0.25) is 9.79 Å². The first-order valence-corrected chi connectivity index (χ1v) is 7.11. The minimum absolute atomic E-state index is 0. The van der Waals surface area contributed by atoms with E-state index in [0.29, 0.717) is 32.0 Å². The fourth-order valence-electron chi connectivity index (χ4n) is 1.75. The zero-order valence-electron chi connectivity index (χ0n) is 13.2. The molecule has 0 atom stereocenters. The van der Waals surface area contributed by atoms with Crippen molar-refractivity contribution in [2.75, 3.05) is 20.2 Å². The van der Waals surface area contributed by atoms with Crippen molar-refractivity contribution in [1.29, 1.82) is 0 Å². The molecular formula is C15H22F2IN3O2. The van der Waals surface area contributed by atoms with Gasteiger partial charge in [0.05, 0.1) is 6.61 Å². The number of nitrogens with one attached hydrogen (secondary N) is 2. The molecule has 23 heavy (non-hydrogen) atoms. The second-order valence-corrected chi connectivity index (χ2v) is 4.50. The predicted octanol–water partition coefficient (Wildman–Crippen LogP) is 2.59. The molecule has 5 nitrogen and oxygen atoms in total. The van der Waals surface area contributed by atoms with Gasteiger partial charge in [0, 0.05) is 32.1 Å².